The third-order valence-corrected chi connectivity index (χ3v) is 3.19. The van der Waals surface area contributed by atoms with Crippen LogP contribution in [0.25, 0.3) is 0 Å². The van der Waals surface area contributed by atoms with Crippen molar-refractivity contribution in [2.45, 2.75) is 26.3 Å². The molecular formula is C14H19N3O3. The summed E-state index contributed by atoms with van der Waals surface area (Å²) >= 11 is 0. The van der Waals surface area contributed by atoms with Crippen molar-refractivity contribution in [2.75, 3.05) is 23.4 Å². The van der Waals surface area contributed by atoms with E-state index in [2.05, 4.69) is 10.6 Å². The number of urea groups is 1. The van der Waals surface area contributed by atoms with Crippen LogP contribution in [0.15, 0.2) is 24.3 Å². The summed E-state index contributed by atoms with van der Waals surface area (Å²) in [5, 5.41) is 5.57. The molecule has 0 radical (unpaired) electrons. The number of amides is 3. The van der Waals surface area contributed by atoms with E-state index in [0.717, 1.165) is 12.1 Å². The molecule has 1 atom stereocenters. The highest BCUT2D eigenvalue weighted by Gasteiger charge is 2.23. The average molecular weight is 277 g/mol. The smallest absolute Gasteiger partial charge is 0.414 e. The predicted octanol–water partition coefficient (Wildman–Crippen LogP) is 2.56. The van der Waals surface area contributed by atoms with Crippen LogP contribution < -0.4 is 15.5 Å². The van der Waals surface area contributed by atoms with Gasteiger partial charge in [-0.25, -0.2) is 9.59 Å². The van der Waals surface area contributed by atoms with Gasteiger partial charge in [0.25, 0.3) is 0 Å². The lowest BCUT2D eigenvalue weighted by Crippen LogP contribution is -2.35. The van der Waals surface area contributed by atoms with E-state index >= 15 is 0 Å². The van der Waals surface area contributed by atoms with Crippen molar-refractivity contribution in [1.82, 2.24) is 5.32 Å². The van der Waals surface area contributed by atoms with E-state index < -0.39 is 0 Å². The SMILES string of the molecule is CCC(C)NC(=O)Nc1ccc(N2CCOC2=O)cc1. The maximum atomic E-state index is 11.7. The Hall–Kier alpha value is -2.24. The Labute approximate surface area is 118 Å². The minimum Gasteiger partial charge on any atom is -0.447 e. The largest absolute Gasteiger partial charge is 0.447 e. The summed E-state index contributed by atoms with van der Waals surface area (Å²) in [7, 11) is 0. The average Bonchev–Trinajstić information content (AvgIpc) is 2.85. The molecule has 0 saturated carbocycles. The molecule has 1 unspecified atom stereocenters. The first-order chi connectivity index (χ1) is 9.60. The number of benzene rings is 1. The predicted molar refractivity (Wildman–Crippen MR) is 77.0 cm³/mol. The number of nitrogens with one attached hydrogen (secondary N) is 2. The van der Waals surface area contributed by atoms with Crippen LogP contribution in [0.4, 0.5) is 21.0 Å². The van der Waals surface area contributed by atoms with Crippen molar-refractivity contribution in [3.63, 3.8) is 0 Å². The molecule has 0 bridgehead atoms. The van der Waals surface area contributed by atoms with Crippen molar-refractivity contribution < 1.29 is 14.3 Å². The van der Waals surface area contributed by atoms with Gasteiger partial charge in [-0.2, -0.15) is 0 Å². The molecule has 6 heteroatoms. The number of carbonyl (C=O) groups is 2. The second-order valence-corrected chi connectivity index (χ2v) is 4.72. The van der Waals surface area contributed by atoms with Gasteiger partial charge >= 0.3 is 12.1 Å². The summed E-state index contributed by atoms with van der Waals surface area (Å²) in [5.41, 5.74) is 1.45. The normalized spacial score (nSPS) is 15.7. The number of ether oxygens (including phenoxy) is 1. The topological polar surface area (TPSA) is 70.7 Å². The second kappa shape index (κ2) is 6.27. The minimum atomic E-state index is -0.333. The summed E-state index contributed by atoms with van der Waals surface area (Å²) in [6.45, 7) is 4.92. The molecule has 1 aliphatic heterocycles. The zero-order valence-corrected chi connectivity index (χ0v) is 11.7. The molecule has 0 spiro atoms. The van der Waals surface area contributed by atoms with Crippen molar-refractivity contribution in [3.8, 4) is 0 Å². The summed E-state index contributed by atoms with van der Waals surface area (Å²) in [5.74, 6) is 0. The highest BCUT2D eigenvalue weighted by atomic mass is 16.6. The van der Waals surface area contributed by atoms with Gasteiger partial charge in [0.2, 0.25) is 0 Å². The van der Waals surface area contributed by atoms with Gasteiger partial charge in [0.15, 0.2) is 0 Å². The van der Waals surface area contributed by atoms with Gasteiger partial charge in [-0.3, -0.25) is 4.90 Å². The number of hydrogen-bond acceptors (Lipinski definition) is 3. The van der Waals surface area contributed by atoms with Crippen LogP contribution >= 0.6 is 0 Å². The molecule has 1 aliphatic rings. The van der Waals surface area contributed by atoms with Gasteiger partial charge < -0.3 is 15.4 Å². The fraction of sp³-hybridized carbons (Fsp3) is 0.429. The third kappa shape index (κ3) is 3.40. The van der Waals surface area contributed by atoms with E-state index in [1.807, 2.05) is 13.8 Å². The van der Waals surface area contributed by atoms with E-state index in [0.29, 0.717) is 18.8 Å². The maximum Gasteiger partial charge on any atom is 0.414 e. The quantitative estimate of drug-likeness (QED) is 0.888. The fourth-order valence-corrected chi connectivity index (χ4v) is 1.85. The summed E-state index contributed by atoms with van der Waals surface area (Å²) in [6.07, 6.45) is 0.545. The summed E-state index contributed by atoms with van der Waals surface area (Å²) in [6, 6.07) is 6.99. The molecule has 0 aromatic heterocycles. The lowest BCUT2D eigenvalue weighted by atomic mass is 10.2. The first-order valence-corrected chi connectivity index (χ1v) is 6.72. The first kappa shape index (κ1) is 14.2. The van der Waals surface area contributed by atoms with Crippen LogP contribution in [-0.2, 0) is 4.74 Å². The summed E-state index contributed by atoms with van der Waals surface area (Å²) in [4.78, 5) is 24.6. The van der Waals surface area contributed by atoms with Crippen LogP contribution in [0, 0.1) is 0 Å². The van der Waals surface area contributed by atoms with Gasteiger partial charge in [-0.05, 0) is 37.6 Å². The molecule has 2 N–H and O–H groups in total. The lowest BCUT2D eigenvalue weighted by molar-refractivity contribution is 0.181. The highest BCUT2D eigenvalue weighted by Crippen LogP contribution is 2.20. The molecule has 1 aromatic rings. The molecule has 1 aromatic carbocycles. The standard InChI is InChI=1S/C14H19N3O3/c1-3-10(2)15-13(18)16-11-4-6-12(7-5-11)17-8-9-20-14(17)19/h4-7,10H,3,8-9H2,1-2H3,(H2,15,16,18). The molecule has 2 rings (SSSR count). The van der Waals surface area contributed by atoms with Crippen molar-refractivity contribution in [1.29, 1.82) is 0 Å². The maximum absolute atomic E-state index is 11.7. The zero-order chi connectivity index (χ0) is 14.5. The molecular weight excluding hydrogens is 258 g/mol. The van der Waals surface area contributed by atoms with Gasteiger partial charge in [-0.15, -0.1) is 0 Å². The van der Waals surface area contributed by atoms with Gasteiger partial charge in [0.05, 0.1) is 6.54 Å². The first-order valence-electron chi connectivity index (χ1n) is 6.72. The van der Waals surface area contributed by atoms with Crippen molar-refractivity contribution in [2.24, 2.45) is 0 Å². The molecule has 0 aliphatic carbocycles. The Morgan fingerprint density at radius 2 is 2.10 bits per heavy atom. The molecule has 108 valence electrons. The number of rotatable bonds is 4. The number of anilines is 2. The highest BCUT2D eigenvalue weighted by molar-refractivity contribution is 5.91. The minimum absolute atomic E-state index is 0.133. The Kier molecular flexibility index (Phi) is 4.45. The number of carbonyl (C=O) groups excluding carboxylic acids is 2. The number of nitrogens with zero attached hydrogens (tertiary/aromatic N) is 1. The molecule has 6 nitrogen and oxygen atoms in total. The molecule has 1 fully saturated rings. The Bertz CT molecular complexity index is 487. The third-order valence-electron chi connectivity index (χ3n) is 3.19. The molecule has 3 amide bonds. The molecule has 1 saturated heterocycles. The van der Waals surface area contributed by atoms with Crippen LogP contribution in [0.3, 0.4) is 0 Å². The summed E-state index contributed by atoms with van der Waals surface area (Å²) < 4.78 is 4.88. The van der Waals surface area contributed by atoms with Crippen molar-refractivity contribution >= 4 is 23.5 Å². The lowest BCUT2D eigenvalue weighted by Gasteiger charge is -2.15. The van der Waals surface area contributed by atoms with Gasteiger partial charge in [-0.1, -0.05) is 6.92 Å². The van der Waals surface area contributed by atoms with Gasteiger partial charge in [0.1, 0.15) is 6.61 Å². The number of cyclic esters (lactones) is 1. The van der Waals surface area contributed by atoms with E-state index in [1.165, 1.54) is 0 Å². The Balaban J connectivity index is 1.94. The van der Waals surface area contributed by atoms with Crippen LogP contribution in [-0.4, -0.2) is 31.3 Å². The Morgan fingerprint density at radius 3 is 2.65 bits per heavy atom. The van der Waals surface area contributed by atoms with Crippen molar-refractivity contribution in [3.05, 3.63) is 24.3 Å². The second-order valence-electron chi connectivity index (χ2n) is 4.72. The fourth-order valence-electron chi connectivity index (χ4n) is 1.85. The van der Waals surface area contributed by atoms with E-state index in [-0.39, 0.29) is 18.2 Å². The van der Waals surface area contributed by atoms with Gasteiger partial charge in [0, 0.05) is 17.4 Å². The van der Waals surface area contributed by atoms with Crippen LogP contribution in [0.1, 0.15) is 20.3 Å². The van der Waals surface area contributed by atoms with E-state index in [9.17, 15) is 9.59 Å². The number of hydrogen-bond donors (Lipinski definition) is 2. The molecule has 20 heavy (non-hydrogen) atoms. The Morgan fingerprint density at radius 1 is 1.40 bits per heavy atom. The van der Waals surface area contributed by atoms with E-state index in [4.69, 9.17) is 4.74 Å². The molecule has 1 heterocycles. The zero-order valence-electron chi connectivity index (χ0n) is 11.7. The van der Waals surface area contributed by atoms with E-state index in [1.54, 1.807) is 29.2 Å². The van der Waals surface area contributed by atoms with Crippen LogP contribution in [0.5, 0.6) is 0 Å². The van der Waals surface area contributed by atoms with Crippen LogP contribution in [0.2, 0.25) is 0 Å². The monoisotopic (exact) mass is 277 g/mol.